The molecular formula is C47H87NO13. The molecule has 1 amide bonds. The van der Waals surface area contributed by atoms with Crippen molar-refractivity contribution in [3.8, 4) is 0 Å². The minimum absolute atomic E-state index is 0.257. The van der Waals surface area contributed by atoms with Gasteiger partial charge in [0.15, 0.2) is 12.6 Å². The number of carbonyl (C=O) groups excluding carboxylic acids is 1. The molecule has 2 aliphatic heterocycles. The van der Waals surface area contributed by atoms with Crippen molar-refractivity contribution in [2.45, 2.75) is 248 Å². The van der Waals surface area contributed by atoms with Gasteiger partial charge in [-0.2, -0.15) is 0 Å². The lowest BCUT2D eigenvalue weighted by Gasteiger charge is -2.46. The van der Waals surface area contributed by atoms with Gasteiger partial charge in [-0.1, -0.05) is 160 Å². The van der Waals surface area contributed by atoms with E-state index in [9.17, 15) is 45.6 Å². The Labute approximate surface area is 367 Å². The zero-order valence-electron chi connectivity index (χ0n) is 37.7. The normalized spacial score (nSPS) is 28.2. The van der Waals surface area contributed by atoms with Crippen molar-refractivity contribution >= 4 is 5.91 Å². The number of unbranched alkanes of at least 4 members (excludes halogenated alkanes) is 21. The molecule has 0 radical (unpaired) electrons. The Hall–Kier alpha value is -1.53. The minimum Gasteiger partial charge on any atom is -0.394 e. The van der Waals surface area contributed by atoms with Gasteiger partial charge in [0.05, 0.1) is 32.0 Å². The van der Waals surface area contributed by atoms with Gasteiger partial charge in [0.1, 0.15) is 48.8 Å². The van der Waals surface area contributed by atoms with Crippen molar-refractivity contribution in [3.63, 3.8) is 0 Å². The molecule has 0 aromatic carbocycles. The molecule has 12 unspecified atom stereocenters. The van der Waals surface area contributed by atoms with E-state index in [0.717, 1.165) is 38.5 Å². The maximum atomic E-state index is 13.0. The number of rotatable bonds is 36. The summed E-state index contributed by atoms with van der Waals surface area (Å²) >= 11 is 0. The summed E-state index contributed by atoms with van der Waals surface area (Å²) in [5, 5.41) is 86.3. The Balaban J connectivity index is 1.83. The van der Waals surface area contributed by atoms with Crippen LogP contribution in [-0.2, 0) is 23.7 Å². The molecular weight excluding hydrogens is 787 g/mol. The Morgan fingerprint density at radius 1 is 0.574 bits per heavy atom. The van der Waals surface area contributed by atoms with Crippen LogP contribution in [0.3, 0.4) is 0 Å². The van der Waals surface area contributed by atoms with Crippen LogP contribution in [0.15, 0.2) is 24.3 Å². The number of carbonyl (C=O) groups is 1. The lowest BCUT2D eigenvalue weighted by Crippen LogP contribution is -2.65. The van der Waals surface area contributed by atoms with Crippen LogP contribution in [0.5, 0.6) is 0 Å². The van der Waals surface area contributed by atoms with Gasteiger partial charge in [0, 0.05) is 6.42 Å². The largest absolute Gasteiger partial charge is 0.394 e. The Morgan fingerprint density at radius 2 is 1.05 bits per heavy atom. The van der Waals surface area contributed by atoms with Crippen molar-refractivity contribution in [3.05, 3.63) is 24.3 Å². The van der Waals surface area contributed by atoms with Crippen molar-refractivity contribution in [1.29, 1.82) is 0 Å². The summed E-state index contributed by atoms with van der Waals surface area (Å²) in [6.45, 7) is 2.70. The predicted molar refractivity (Wildman–Crippen MR) is 235 cm³/mol. The molecule has 12 atom stereocenters. The second-order valence-corrected chi connectivity index (χ2v) is 17.2. The molecule has 0 spiro atoms. The topological polar surface area (TPSA) is 228 Å². The molecule has 2 aliphatic rings. The van der Waals surface area contributed by atoms with Gasteiger partial charge in [-0.3, -0.25) is 4.79 Å². The lowest BCUT2D eigenvalue weighted by atomic mass is 9.97. The van der Waals surface area contributed by atoms with E-state index in [1.165, 1.54) is 103 Å². The first-order chi connectivity index (χ1) is 29.6. The fourth-order valence-electron chi connectivity index (χ4n) is 7.89. The van der Waals surface area contributed by atoms with Crippen molar-refractivity contribution < 1.29 is 64.6 Å². The van der Waals surface area contributed by atoms with Crippen LogP contribution in [0.1, 0.15) is 174 Å². The molecule has 2 heterocycles. The summed E-state index contributed by atoms with van der Waals surface area (Å²) in [5.74, 6) is -0.257. The van der Waals surface area contributed by atoms with E-state index in [4.69, 9.17) is 18.9 Å². The number of aliphatic hydroxyl groups is 8. The van der Waals surface area contributed by atoms with Gasteiger partial charge < -0.3 is 65.1 Å². The van der Waals surface area contributed by atoms with Gasteiger partial charge in [-0.15, -0.1) is 0 Å². The Bertz CT molecular complexity index is 1130. The molecule has 2 saturated heterocycles. The standard InChI is InChI=1S/C47H87NO13/c1-3-5-7-9-11-12-13-14-15-16-17-18-19-20-21-22-23-25-26-28-30-36(51)35(48-39(52)31-29-27-24-10-8-6-4-2)34-58-46-44(57)42(55)45(38(33-50)60-46)61-47-43(56)41(54)40(53)37(32-49)59-47/h22-23,28,30,35-38,40-47,49-51,53-57H,3-21,24-27,29,31-34H2,1-2H3,(H,48,52)/b23-22+,30-28+. The smallest absolute Gasteiger partial charge is 0.220 e. The van der Waals surface area contributed by atoms with E-state index < -0.39 is 86.8 Å². The third-order valence-electron chi connectivity index (χ3n) is 11.9. The molecule has 2 rings (SSSR count). The van der Waals surface area contributed by atoms with Gasteiger partial charge in [-0.25, -0.2) is 0 Å². The van der Waals surface area contributed by atoms with Crippen molar-refractivity contribution in [2.24, 2.45) is 0 Å². The predicted octanol–water partition coefficient (Wildman–Crippen LogP) is 5.38. The molecule has 0 aromatic rings. The molecule has 2 fully saturated rings. The quantitative estimate of drug-likeness (QED) is 0.0285. The summed E-state index contributed by atoms with van der Waals surface area (Å²) in [6.07, 6.45) is 19.7. The summed E-state index contributed by atoms with van der Waals surface area (Å²) < 4.78 is 22.6. The first-order valence-corrected chi connectivity index (χ1v) is 24.1. The number of nitrogens with one attached hydrogen (secondary N) is 1. The van der Waals surface area contributed by atoms with Gasteiger partial charge in [0.25, 0.3) is 0 Å². The molecule has 61 heavy (non-hydrogen) atoms. The van der Waals surface area contributed by atoms with Crippen molar-refractivity contribution in [1.82, 2.24) is 5.32 Å². The maximum Gasteiger partial charge on any atom is 0.220 e. The second-order valence-electron chi connectivity index (χ2n) is 17.2. The van der Waals surface area contributed by atoms with E-state index in [1.54, 1.807) is 6.08 Å². The zero-order chi connectivity index (χ0) is 44.7. The van der Waals surface area contributed by atoms with Gasteiger partial charge in [-0.05, 0) is 32.1 Å². The summed E-state index contributed by atoms with van der Waals surface area (Å²) in [6, 6.07) is -0.923. The molecule has 0 saturated carbocycles. The van der Waals surface area contributed by atoms with Crippen LogP contribution in [0.25, 0.3) is 0 Å². The van der Waals surface area contributed by atoms with E-state index in [-0.39, 0.29) is 18.9 Å². The number of hydrogen-bond acceptors (Lipinski definition) is 13. The lowest BCUT2D eigenvalue weighted by molar-refractivity contribution is -0.359. The SMILES string of the molecule is CCCCCCCCCCCCCCCC/C=C/CC/C=C/C(O)C(COC1OC(CO)C(OC2OC(CO)C(O)C(O)C2O)C(O)C1O)NC(=O)CCCCCCCCC. The minimum atomic E-state index is -1.79. The number of hydrogen-bond donors (Lipinski definition) is 9. The molecule has 14 heteroatoms. The third kappa shape index (κ3) is 22.8. The molecule has 0 bridgehead atoms. The Morgan fingerprint density at radius 3 is 1.61 bits per heavy atom. The molecule has 14 nitrogen and oxygen atoms in total. The van der Waals surface area contributed by atoms with E-state index in [2.05, 4.69) is 31.3 Å². The Kier molecular flexibility index (Phi) is 31.7. The molecule has 0 aliphatic carbocycles. The van der Waals surface area contributed by atoms with Crippen LogP contribution >= 0.6 is 0 Å². The van der Waals surface area contributed by atoms with Gasteiger partial charge >= 0.3 is 0 Å². The third-order valence-corrected chi connectivity index (χ3v) is 11.9. The van der Waals surface area contributed by atoms with Crippen LogP contribution < -0.4 is 5.32 Å². The van der Waals surface area contributed by atoms with E-state index in [1.807, 2.05) is 6.08 Å². The highest BCUT2D eigenvalue weighted by Gasteiger charge is 2.51. The number of allylic oxidation sites excluding steroid dienone is 3. The average Bonchev–Trinajstić information content (AvgIpc) is 3.26. The number of amides is 1. The number of aliphatic hydroxyl groups excluding tert-OH is 8. The van der Waals surface area contributed by atoms with Crippen molar-refractivity contribution in [2.75, 3.05) is 19.8 Å². The van der Waals surface area contributed by atoms with Crippen LogP contribution in [0.4, 0.5) is 0 Å². The van der Waals surface area contributed by atoms with Crippen LogP contribution in [0, 0.1) is 0 Å². The first kappa shape index (κ1) is 55.6. The molecule has 358 valence electrons. The summed E-state index contributed by atoms with van der Waals surface area (Å²) in [4.78, 5) is 13.0. The van der Waals surface area contributed by atoms with Crippen LogP contribution in [-0.4, -0.2) is 140 Å². The van der Waals surface area contributed by atoms with Crippen LogP contribution in [0.2, 0.25) is 0 Å². The fraction of sp³-hybridized carbons (Fsp3) is 0.894. The highest BCUT2D eigenvalue weighted by Crippen LogP contribution is 2.30. The molecule has 0 aromatic heterocycles. The summed E-state index contributed by atoms with van der Waals surface area (Å²) in [7, 11) is 0. The second kappa shape index (κ2) is 34.8. The fourth-order valence-corrected chi connectivity index (χ4v) is 7.89. The average molecular weight is 874 g/mol. The summed E-state index contributed by atoms with van der Waals surface area (Å²) in [5.41, 5.74) is 0. The number of ether oxygens (including phenoxy) is 4. The van der Waals surface area contributed by atoms with E-state index >= 15 is 0 Å². The highest BCUT2D eigenvalue weighted by molar-refractivity contribution is 5.76. The maximum absolute atomic E-state index is 13.0. The first-order valence-electron chi connectivity index (χ1n) is 24.1. The van der Waals surface area contributed by atoms with E-state index in [0.29, 0.717) is 12.8 Å². The monoisotopic (exact) mass is 874 g/mol. The molecule has 9 N–H and O–H groups in total. The zero-order valence-corrected chi connectivity index (χ0v) is 37.7. The van der Waals surface area contributed by atoms with Gasteiger partial charge in [0.2, 0.25) is 5.91 Å². The highest BCUT2D eigenvalue weighted by atomic mass is 16.7.